The maximum Gasteiger partial charge on any atom is 0.132 e. The highest BCUT2D eigenvalue weighted by molar-refractivity contribution is 5.42. The predicted octanol–water partition coefficient (Wildman–Crippen LogP) is 1.53. The molecule has 2 heterocycles. The van der Waals surface area contributed by atoms with Gasteiger partial charge >= 0.3 is 0 Å². The van der Waals surface area contributed by atoms with Crippen molar-refractivity contribution in [2.75, 3.05) is 18.0 Å². The van der Waals surface area contributed by atoms with Gasteiger partial charge in [-0.05, 0) is 37.5 Å². The molecule has 2 saturated carbocycles. The maximum atomic E-state index is 6.27. The summed E-state index contributed by atoms with van der Waals surface area (Å²) in [5.74, 6) is 3.35. The number of anilines is 1. The Balaban J connectivity index is 1.54. The normalized spacial score (nSPS) is 31.9. The second-order valence-electron chi connectivity index (χ2n) is 6.15. The summed E-state index contributed by atoms with van der Waals surface area (Å²) in [6, 6.07) is 2.51. The summed E-state index contributed by atoms with van der Waals surface area (Å²) < 4.78 is 0. The van der Waals surface area contributed by atoms with Crippen LogP contribution in [0, 0.1) is 11.8 Å². The molecule has 0 aromatic carbocycles. The van der Waals surface area contributed by atoms with Crippen LogP contribution >= 0.6 is 0 Å². The van der Waals surface area contributed by atoms with Crippen molar-refractivity contribution in [3.05, 3.63) is 18.1 Å². The molecule has 3 aliphatic rings. The van der Waals surface area contributed by atoms with Crippen LogP contribution < -0.4 is 10.6 Å². The van der Waals surface area contributed by atoms with E-state index >= 15 is 0 Å². The predicted molar refractivity (Wildman–Crippen MR) is 70.4 cm³/mol. The molecule has 18 heavy (non-hydrogen) atoms. The standard InChI is InChI=1S/C14H20N4/c15-12-7-18(6-11(12)9-1-2-9)14-5-13(10-3-4-10)16-8-17-14/h5,8-12H,1-4,6-7,15H2/t11-,12+/m1/s1. The zero-order valence-electron chi connectivity index (χ0n) is 10.6. The van der Waals surface area contributed by atoms with Gasteiger partial charge in [-0.25, -0.2) is 9.97 Å². The van der Waals surface area contributed by atoms with Gasteiger partial charge in [0.2, 0.25) is 0 Å². The Kier molecular flexibility index (Phi) is 2.34. The summed E-state index contributed by atoms with van der Waals surface area (Å²) in [5.41, 5.74) is 7.50. The van der Waals surface area contributed by atoms with E-state index in [1.807, 2.05) is 0 Å². The fourth-order valence-electron chi connectivity index (χ4n) is 3.20. The highest BCUT2D eigenvalue weighted by Gasteiger charge is 2.41. The molecule has 1 aromatic rings. The summed E-state index contributed by atoms with van der Waals surface area (Å²) >= 11 is 0. The molecular weight excluding hydrogens is 224 g/mol. The second-order valence-corrected chi connectivity index (χ2v) is 6.15. The largest absolute Gasteiger partial charge is 0.355 e. The van der Waals surface area contributed by atoms with Gasteiger partial charge in [0.05, 0.1) is 0 Å². The molecule has 0 unspecified atom stereocenters. The molecule has 3 fully saturated rings. The topological polar surface area (TPSA) is 55.0 Å². The smallest absolute Gasteiger partial charge is 0.132 e. The van der Waals surface area contributed by atoms with Crippen LogP contribution in [-0.2, 0) is 0 Å². The van der Waals surface area contributed by atoms with Crippen LogP contribution in [0.5, 0.6) is 0 Å². The van der Waals surface area contributed by atoms with Gasteiger partial charge in [0.15, 0.2) is 0 Å². The number of hydrogen-bond acceptors (Lipinski definition) is 4. The first-order valence-electron chi connectivity index (χ1n) is 7.14. The summed E-state index contributed by atoms with van der Waals surface area (Å²) in [6.07, 6.45) is 7.06. The summed E-state index contributed by atoms with van der Waals surface area (Å²) in [6.45, 7) is 2.05. The fourth-order valence-corrected chi connectivity index (χ4v) is 3.20. The van der Waals surface area contributed by atoms with E-state index in [1.54, 1.807) is 6.33 Å². The molecule has 0 amide bonds. The highest BCUT2D eigenvalue weighted by Crippen LogP contribution is 2.42. The molecule has 0 spiro atoms. The fraction of sp³-hybridized carbons (Fsp3) is 0.714. The van der Waals surface area contributed by atoms with Crippen LogP contribution in [-0.4, -0.2) is 29.1 Å². The lowest BCUT2D eigenvalue weighted by Crippen LogP contribution is -2.30. The number of hydrogen-bond donors (Lipinski definition) is 1. The van der Waals surface area contributed by atoms with Crippen molar-refractivity contribution in [1.29, 1.82) is 0 Å². The first-order valence-corrected chi connectivity index (χ1v) is 7.14. The first kappa shape index (κ1) is 10.7. The van der Waals surface area contributed by atoms with E-state index < -0.39 is 0 Å². The average molecular weight is 244 g/mol. The monoisotopic (exact) mass is 244 g/mol. The molecule has 4 nitrogen and oxygen atoms in total. The lowest BCUT2D eigenvalue weighted by molar-refractivity contribution is 0.456. The third kappa shape index (κ3) is 1.88. The summed E-state index contributed by atoms with van der Waals surface area (Å²) in [7, 11) is 0. The van der Waals surface area contributed by atoms with Gasteiger partial charge in [-0.1, -0.05) is 0 Å². The minimum absolute atomic E-state index is 0.330. The Morgan fingerprint density at radius 3 is 2.67 bits per heavy atom. The molecule has 1 aliphatic heterocycles. The summed E-state index contributed by atoms with van der Waals surface area (Å²) in [4.78, 5) is 11.2. The van der Waals surface area contributed by atoms with Gasteiger partial charge in [0, 0.05) is 36.8 Å². The lowest BCUT2D eigenvalue weighted by Gasteiger charge is -2.17. The molecule has 2 atom stereocenters. The Hall–Kier alpha value is -1.16. The number of aromatic nitrogens is 2. The molecule has 4 rings (SSSR count). The second kappa shape index (κ2) is 3.92. The molecule has 96 valence electrons. The number of nitrogens with zero attached hydrogens (tertiary/aromatic N) is 3. The maximum absolute atomic E-state index is 6.27. The molecule has 1 saturated heterocycles. The molecule has 4 heteroatoms. The van der Waals surface area contributed by atoms with Crippen LogP contribution in [0.2, 0.25) is 0 Å². The van der Waals surface area contributed by atoms with Crippen LogP contribution in [0.3, 0.4) is 0 Å². The van der Waals surface area contributed by atoms with Gasteiger partial charge in [-0.2, -0.15) is 0 Å². The molecule has 0 radical (unpaired) electrons. The van der Waals surface area contributed by atoms with Crippen LogP contribution in [0.1, 0.15) is 37.3 Å². The van der Waals surface area contributed by atoms with Crippen molar-refractivity contribution in [2.45, 2.75) is 37.6 Å². The Labute approximate surface area is 108 Å². The third-order valence-electron chi connectivity index (χ3n) is 4.63. The van der Waals surface area contributed by atoms with Crippen LogP contribution in [0.4, 0.5) is 5.82 Å². The molecule has 2 N–H and O–H groups in total. The minimum atomic E-state index is 0.330. The van der Waals surface area contributed by atoms with Gasteiger partial charge < -0.3 is 10.6 Å². The highest BCUT2D eigenvalue weighted by atomic mass is 15.2. The lowest BCUT2D eigenvalue weighted by atomic mass is 9.99. The van der Waals surface area contributed by atoms with Crippen molar-refractivity contribution in [3.8, 4) is 0 Å². The van der Waals surface area contributed by atoms with Gasteiger partial charge in [-0.3, -0.25) is 0 Å². The van der Waals surface area contributed by atoms with E-state index in [9.17, 15) is 0 Å². The molecule has 0 bridgehead atoms. The zero-order chi connectivity index (χ0) is 12.1. The van der Waals surface area contributed by atoms with Crippen molar-refractivity contribution in [2.24, 2.45) is 17.6 Å². The van der Waals surface area contributed by atoms with Crippen molar-refractivity contribution in [3.63, 3.8) is 0 Å². The Morgan fingerprint density at radius 2 is 1.94 bits per heavy atom. The SMILES string of the molecule is N[C@H]1CN(c2cc(C3CC3)ncn2)C[C@@H]1C1CC1. The van der Waals surface area contributed by atoms with Crippen LogP contribution in [0.15, 0.2) is 12.4 Å². The zero-order valence-corrected chi connectivity index (χ0v) is 10.6. The van der Waals surface area contributed by atoms with Gasteiger partial charge in [0.25, 0.3) is 0 Å². The summed E-state index contributed by atoms with van der Waals surface area (Å²) in [5, 5.41) is 0. The van der Waals surface area contributed by atoms with E-state index in [1.165, 1.54) is 31.4 Å². The molecule has 2 aliphatic carbocycles. The number of nitrogens with two attached hydrogens (primary N) is 1. The van der Waals surface area contributed by atoms with Gasteiger partial charge in [-0.15, -0.1) is 0 Å². The molecular formula is C14H20N4. The van der Waals surface area contributed by atoms with Crippen molar-refractivity contribution < 1.29 is 0 Å². The first-order chi connectivity index (χ1) is 8.81. The van der Waals surface area contributed by atoms with E-state index in [0.29, 0.717) is 17.9 Å². The van der Waals surface area contributed by atoms with Crippen molar-refractivity contribution in [1.82, 2.24) is 9.97 Å². The van der Waals surface area contributed by atoms with E-state index in [2.05, 4.69) is 20.9 Å². The van der Waals surface area contributed by atoms with Crippen molar-refractivity contribution >= 4 is 5.82 Å². The Morgan fingerprint density at radius 1 is 1.11 bits per heavy atom. The quantitative estimate of drug-likeness (QED) is 0.876. The number of rotatable bonds is 3. The van der Waals surface area contributed by atoms with E-state index in [0.717, 1.165) is 24.8 Å². The molecule has 1 aromatic heterocycles. The van der Waals surface area contributed by atoms with Gasteiger partial charge in [0.1, 0.15) is 12.1 Å². The average Bonchev–Trinajstić information content (AvgIpc) is 3.27. The van der Waals surface area contributed by atoms with Crippen LogP contribution in [0.25, 0.3) is 0 Å². The Bertz CT molecular complexity index is 453. The van der Waals surface area contributed by atoms with E-state index in [4.69, 9.17) is 5.73 Å². The van der Waals surface area contributed by atoms with E-state index in [-0.39, 0.29) is 0 Å². The third-order valence-corrected chi connectivity index (χ3v) is 4.63. The minimum Gasteiger partial charge on any atom is -0.355 e.